The Morgan fingerprint density at radius 1 is 1.00 bits per heavy atom. The van der Waals surface area contributed by atoms with Crippen LogP contribution in [-0.4, -0.2) is 31.7 Å². The lowest BCUT2D eigenvalue weighted by molar-refractivity contribution is -0.119. The molecular formula is C18H17ClN2O4S. The second-order valence-corrected chi connectivity index (χ2v) is 8.76. The molecule has 1 aliphatic heterocycles. The quantitative estimate of drug-likeness (QED) is 0.836. The van der Waals surface area contributed by atoms with Crippen molar-refractivity contribution in [3.05, 3.63) is 59.1 Å². The zero-order valence-corrected chi connectivity index (χ0v) is 15.3. The van der Waals surface area contributed by atoms with Crippen molar-refractivity contribution < 1.29 is 18.0 Å². The average molecular weight is 393 g/mol. The number of carbonyl (C=O) groups excluding carboxylic acids is 2. The van der Waals surface area contributed by atoms with Gasteiger partial charge in [0.05, 0.1) is 28.7 Å². The van der Waals surface area contributed by atoms with Gasteiger partial charge in [-0.25, -0.2) is 8.42 Å². The highest BCUT2D eigenvalue weighted by molar-refractivity contribution is 7.91. The zero-order chi connectivity index (χ0) is 18.7. The van der Waals surface area contributed by atoms with Gasteiger partial charge in [0.25, 0.3) is 5.91 Å². The summed E-state index contributed by atoms with van der Waals surface area (Å²) >= 11 is 5.83. The molecule has 0 saturated carbocycles. The molecule has 2 aromatic carbocycles. The summed E-state index contributed by atoms with van der Waals surface area (Å²) in [6, 6.07) is 13.2. The fraction of sp³-hybridized carbons (Fsp3) is 0.222. The van der Waals surface area contributed by atoms with Crippen LogP contribution in [0.3, 0.4) is 0 Å². The molecule has 0 aliphatic carbocycles. The highest BCUT2D eigenvalue weighted by atomic mass is 35.5. The van der Waals surface area contributed by atoms with Crippen LogP contribution in [0.4, 0.5) is 11.4 Å². The Kier molecular flexibility index (Phi) is 5.29. The summed E-state index contributed by atoms with van der Waals surface area (Å²) in [7, 11) is -3.15. The van der Waals surface area contributed by atoms with E-state index in [9.17, 15) is 18.0 Å². The second-order valence-electron chi connectivity index (χ2n) is 6.10. The molecule has 0 spiro atoms. The summed E-state index contributed by atoms with van der Waals surface area (Å²) in [6.07, 6.45) is 0.299. The molecule has 0 radical (unpaired) electrons. The van der Waals surface area contributed by atoms with Gasteiger partial charge in [-0.3, -0.25) is 9.59 Å². The van der Waals surface area contributed by atoms with E-state index < -0.39 is 21.7 Å². The number of sulfone groups is 1. The number of halogens is 1. The first kappa shape index (κ1) is 18.4. The van der Waals surface area contributed by atoms with Gasteiger partial charge in [0.1, 0.15) is 0 Å². The Balaban J connectivity index is 1.74. The molecular weight excluding hydrogens is 376 g/mol. The fourth-order valence-corrected chi connectivity index (χ4v) is 4.63. The number of para-hydroxylation sites is 1. The van der Waals surface area contributed by atoms with E-state index in [-0.39, 0.29) is 23.0 Å². The van der Waals surface area contributed by atoms with E-state index in [1.807, 2.05) is 0 Å². The van der Waals surface area contributed by atoms with Gasteiger partial charge >= 0.3 is 0 Å². The monoisotopic (exact) mass is 392 g/mol. The molecule has 136 valence electrons. The summed E-state index contributed by atoms with van der Waals surface area (Å²) in [4.78, 5) is 24.9. The third kappa shape index (κ3) is 4.42. The van der Waals surface area contributed by atoms with Gasteiger partial charge in [0, 0.05) is 10.7 Å². The predicted molar refractivity (Wildman–Crippen MR) is 101 cm³/mol. The topological polar surface area (TPSA) is 92.3 Å². The molecule has 1 unspecified atom stereocenters. The number of carbonyl (C=O) groups is 2. The number of nitrogens with one attached hydrogen (secondary N) is 2. The smallest absolute Gasteiger partial charge is 0.257 e. The lowest BCUT2D eigenvalue weighted by atomic mass is 10.1. The Bertz CT molecular complexity index is 942. The van der Waals surface area contributed by atoms with Crippen LogP contribution >= 0.6 is 11.6 Å². The molecule has 2 N–H and O–H groups in total. The molecule has 1 atom stereocenters. The van der Waals surface area contributed by atoms with E-state index in [2.05, 4.69) is 10.6 Å². The van der Waals surface area contributed by atoms with E-state index in [0.717, 1.165) is 0 Å². The third-order valence-electron chi connectivity index (χ3n) is 4.13. The molecule has 6 nitrogen and oxygen atoms in total. The summed E-state index contributed by atoms with van der Waals surface area (Å²) < 4.78 is 23.1. The maximum Gasteiger partial charge on any atom is 0.257 e. The first-order chi connectivity index (χ1) is 12.3. The van der Waals surface area contributed by atoms with Crippen LogP contribution in [0, 0.1) is 5.92 Å². The van der Waals surface area contributed by atoms with Crippen molar-refractivity contribution in [3.8, 4) is 0 Å². The minimum atomic E-state index is -3.15. The predicted octanol–water partition coefficient (Wildman–Crippen LogP) is 2.97. The highest BCUT2D eigenvalue weighted by Crippen LogP contribution is 2.23. The van der Waals surface area contributed by atoms with Crippen LogP contribution < -0.4 is 10.6 Å². The molecule has 26 heavy (non-hydrogen) atoms. The van der Waals surface area contributed by atoms with Crippen LogP contribution in [0.1, 0.15) is 16.8 Å². The number of hydrogen-bond acceptors (Lipinski definition) is 4. The molecule has 2 amide bonds. The van der Waals surface area contributed by atoms with E-state index in [0.29, 0.717) is 22.8 Å². The van der Waals surface area contributed by atoms with Gasteiger partial charge in [0.15, 0.2) is 9.84 Å². The van der Waals surface area contributed by atoms with Gasteiger partial charge in [-0.15, -0.1) is 0 Å². The molecule has 0 bridgehead atoms. The van der Waals surface area contributed by atoms with Crippen LogP contribution in [0.5, 0.6) is 0 Å². The molecule has 1 aliphatic rings. The number of benzene rings is 2. The van der Waals surface area contributed by atoms with Crippen LogP contribution in [0.15, 0.2) is 48.5 Å². The van der Waals surface area contributed by atoms with Crippen molar-refractivity contribution in [2.24, 2.45) is 5.92 Å². The van der Waals surface area contributed by atoms with E-state index in [1.54, 1.807) is 48.5 Å². The van der Waals surface area contributed by atoms with E-state index >= 15 is 0 Å². The number of hydrogen-bond donors (Lipinski definition) is 2. The minimum absolute atomic E-state index is 0.0176. The summed E-state index contributed by atoms with van der Waals surface area (Å²) in [6.45, 7) is 0. The van der Waals surface area contributed by atoms with Crippen molar-refractivity contribution in [1.29, 1.82) is 0 Å². The molecule has 0 aromatic heterocycles. The summed E-state index contributed by atoms with van der Waals surface area (Å²) in [5.74, 6) is -1.51. The average Bonchev–Trinajstić information content (AvgIpc) is 2.97. The number of rotatable bonds is 4. The SMILES string of the molecule is O=C(Nc1ccc(Cl)cc1)c1ccccc1NC(=O)C1CCS(=O)(=O)C1. The molecule has 2 aromatic rings. The summed E-state index contributed by atoms with van der Waals surface area (Å²) in [5.41, 5.74) is 1.20. The Hall–Kier alpha value is -2.38. The fourth-order valence-electron chi connectivity index (χ4n) is 2.76. The molecule has 8 heteroatoms. The van der Waals surface area contributed by atoms with Gasteiger partial charge in [0.2, 0.25) is 5.91 Å². The lowest BCUT2D eigenvalue weighted by Gasteiger charge is -2.13. The van der Waals surface area contributed by atoms with Gasteiger partial charge in [-0.2, -0.15) is 0 Å². The van der Waals surface area contributed by atoms with Crippen molar-refractivity contribution in [3.63, 3.8) is 0 Å². The number of amides is 2. The minimum Gasteiger partial charge on any atom is -0.325 e. The van der Waals surface area contributed by atoms with Crippen molar-refractivity contribution in [2.45, 2.75) is 6.42 Å². The maximum absolute atomic E-state index is 12.5. The number of anilines is 2. The molecule has 1 heterocycles. The van der Waals surface area contributed by atoms with Gasteiger partial charge in [-0.05, 0) is 42.8 Å². The normalized spacial score (nSPS) is 18.3. The van der Waals surface area contributed by atoms with Crippen molar-refractivity contribution in [1.82, 2.24) is 0 Å². The standard InChI is InChI=1S/C18H17ClN2O4S/c19-13-5-7-14(8-6-13)20-18(23)15-3-1-2-4-16(15)21-17(22)12-9-10-26(24,25)11-12/h1-8,12H,9-11H2,(H,20,23)(H,21,22). The first-order valence-electron chi connectivity index (χ1n) is 8.01. The zero-order valence-electron chi connectivity index (χ0n) is 13.7. The second kappa shape index (κ2) is 7.47. The maximum atomic E-state index is 12.5. The van der Waals surface area contributed by atoms with Crippen molar-refractivity contribution in [2.75, 3.05) is 22.1 Å². The van der Waals surface area contributed by atoms with E-state index in [1.165, 1.54) is 0 Å². The molecule has 1 saturated heterocycles. The Labute approximate surface area is 156 Å². The largest absolute Gasteiger partial charge is 0.325 e. The Morgan fingerprint density at radius 3 is 2.35 bits per heavy atom. The van der Waals surface area contributed by atoms with Gasteiger partial charge < -0.3 is 10.6 Å². The first-order valence-corrected chi connectivity index (χ1v) is 10.2. The molecule has 1 fully saturated rings. The summed E-state index contributed by atoms with van der Waals surface area (Å²) in [5, 5.41) is 5.98. The van der Waals surface area contributed by atoms with Crippen LogP contribution in [-0.2, 0) is 14.6 Å². The van der Waals surface area contributed by atoms with Crippen LogP contribution in [0.25, 0.3) is 0 Å². The van der Waals surface area contributed by atoms with E-state index in [4.69, 9.17) is 11.6 Å². The van der Waals surface area contributed by atoms with Gasteiger partial charge in [-0.1, -0.05) is 23.7 Å². The molecule has 3 rings (SSSR count). The van der Waals surface area contributed by atoms with Crippen LogP contribution in [0.2, 0.25) is 5.02 Å². The lowest BCUT2D eigenvalue weighted by Crippen LogP contribution is -2.25. The highest BCUT2D eigenvalue weighted by Gasteiger charge is 2.33. The third-order valence-corrected chi connectivity index (χ3v) is 6.15. The van der Waals surface area contributed by atoms with Crippen molar-refractivity contribution >= 4 is 44.6 Å². The Morgan fingerprint density at radius 2 is 1.69 bits per heavy atom.